The third kappa shape index (κ3) is 6.65. The van der Waals surface area contributed by atoms with Gasteiger partial charge >= 0.3 is 0 Å². The highest BCUT2D eigenvalue weighted by molar-refractivity contribution is 14.0. The van der Waals surface area contributed by atoms with Gasteiger partial charge in [0, 0.05) is 52.1 Å². The summed E-state index contributed by atoms with van der Waals surface area (Å²) in [6, 6.07) is 11.3. The highest BCUT2D eigenvalue weighted by atomic mass is 127. The number of hydrogen-bond donors (Lipinski definition) is 2. The van der Waals surface area contributed by atoms with Crippen LogP contribution in [0.15, 0.2) is 35.3 Å². The summed E-state index contributed by atoms with van der Waals surface area (Å²) < 4.78 is 2.32. The first-order chi connectivity index (χ1) is 14.8. The predicted molar refractivity (Wildman–Crippen MR) is 136 cm³/mol. The highest BCUT2D eigenvalue weighted by Gasteiger charge is 2.24. The highest BCUT2D eigenvalue weighted by Crippen LogP contribution is 2.19. The molecule has 1 atom stereocenters. The lowest BCUT2D eigenvalue weighted by Gasteiger charge is -2.25. The fourth-order valence-corrected chi connectivity index (χ4v) is 4.61. The number of benzene rings is 1. The van der Waals surface area contributed by atoms with E-state index in [1.807, 2.05) is 7.05 Å². The van der Waals surface area contributed by atoms with Crippen LogP contribution in [-0.2, 0) is 25.9 Å². The molecule has 1 fully saturated rings. The number of nitrogens with one attached hydrogen (secondary N) is 2. The monoisotopic (exact) mass is 537 g/mol. The Morgan fingerprint density at radius 2 is 1.94 bits per heavy atom. The lowest BCUT2D eigenvalue weighted by molar-refractivity contribution is 0.245. The fraction of sp³-hybridized carbons (Fsp3) is 0.609. The van der Waals surface area contributed by atoms with Gasteiger partial charge in [0.1, 0.15) is 11.6 Å². The normalized spacial score (nSPS) is 19.4. The molecule has 1 unspecified atom stereocenters. The maximum absolute atomic E-state index is 4.43. The Hall–Kier alpha value is -1.68. The first-order valence-electron chi connectivity index (χ1n) is 11.5. The largest absolute Gasteiger partial charge is 0.356 e. The summed E-state index contributed by atoms with van der Waals surface area (Å²) in [5.74, 6) is 3.13. The van der Waals surface area contributed by atoms with Crippen LogP contribution in [0, 0.1) is 0 Å². The molecule has 0 bridgehead atoms. The van der Waals surface area contributed by atoms with E-state index in [0.29, 0.717) is 6.04 Å². The van der Waals surface area contributed by atoms with E-state index in [0.717, 1.165) is 56.6 Å². The van der Waals surface area contributed by atoms with Crippen LogP contribution in [0.3, 0.4) is 0 Å². The molecular formula is C23H36IN7. The van der Waals surface area contributed by atoms with Crippen LogP contribution < -0.4 is 10.6 Å². The molecule has 0 aliphatic carbocycles. The Morgan fingerprint density at radius 3 is 2.77 bits per heavy atom. The number of guanidine groups is 1. The van der Waals surface area contributed by atoms with Crippen LogP contribution in [0.5, 0.6) is 0 Å². The number of rotatable bonds is 7. The van der Waals surface area contributed by atoms with Gasteiger partial charge in [0.25, 0.3) is 0 Å². The molecular weight excluding hydrogens is 501 g/mol. The average molecular weight is 537 g/mol. The minimum Gasteiger partial charge on any atom is -0.356 e. The van der Waals surface area contributed by atoms with Crippen LogP contribution in [0.1, 0.15) is 49.3 Å². The SMILES string of the molecule is CN=C(NCCc1nnc2n1CCCCC2)NCC1CCCN1Cc1ccccc1.I. The number of aryl methyl sites for hydroxylation is 1. The van der Waals surface area contributed by atoms with Gasteiger partial charge in [-0.15, -0.1) is 34.2 Å². The van der Waals surface area contributed by atoms with Crippen molar-refractivity contribution in [2.75, 3.05) is 26.7 Å². The summed E-state index contributed by atoms with van der Waals surface area (Å²) in [5.41, 5.74) is 1.39. The Balaban J connectivity index is 0.00000272. The predicted octanol–water partition coefficient (Wildman–Crippen LogP) is 2.99. The van der Waals surface area contributed by atoms with Crippen LogP contribution in [-0.4, -0.2) is 58.3 Å². The molecule has 7 nitrogen and oxygen atoms in total. The van der Waals surface area contributed by atoms with E-state index in [1.54, 1.807) is 0 Å². The van der Waals surface area contributed by atoms with Crippen molar-refractivity contribution >= 4 is 29.9 Å². The minimum absolute atomic E-state index is 0. The van der Waals surface area contributed by atoms with E-state index in [1.165, 1.54) is 44.2 Å². The van der Waals surface area contributed by atoms with Crippen molar-refractivity contribution in [2.24, 2.45) is 4.99 Å². The number of hydrogen-bond acceptors (Lipinski definition) is 4. The van der Waals surface area contributed by atoms with Crippen LogP contribution in [0.25, 0.3) is 0 Å². The second kappa shape index (κ2) is 12.4. The summed E-state index contributed by atoms with van der Waals surface area (Å²) in [7, 11) is 1.84. The van der Waals surface area contributed by atoms with Gasteiger partial charge in [0.05, 0.1) is 0 Å². The lowest BCUT2D eigenvalue weighted by atomic mass is 10.2. The van der Waals surface area contributed by atoms with Crippen molar-refractivity contribution in [2.45, 2.75) is 64.1 Å². The number of likely N-dealkylation sites (tertiary alicyclic amines) is 1. The molecule has 1 aromatic carbocycles. The van der Waals surface area contributed by atoms with Crippen molar-refractivity contribution in [1.29, 1.82) is 0 Å². The second-order valence-corrected chi connectivity index (χ2v) is 8.38. The summed E-state index contributed by atoms with van der Waals surface area (Å²) in [6.07, 6.45) is 8.19. The molecule has 0 saturated carbocycles. The van der Waals surface area contributed by atoms with Gasteiger partial charge in [-0.2, -0.15) is 0 Å². The molecule has 0 amide bonds. The molecule has 0 radical (unpaired) electrons. The number of aromatic nitrogens is 3. The van der Waals surface area contributed by atoms with Gasteiger partial charge in [-0.3, -0.25) is 9.89 Å². The number of fused-ring (bicyclic) bond motifs is 1. The van der Waals surface area contributed by atoms with E-state index in [9.17, 15) is 0 Å². The quantitative estimate of drug-likeness (QED) is 0.323. The van der Waals surface area contributed by atoms with E-state index in [4.69, 9.17) is 0 Å². The molecule has 2 aliphatic rings. The summed E-state index contributed by atoms with van der Waals surface area (Å²) in [5, 5.41) is 15.8. The second-order valence-electron chi connectivity index (χ2n) is 8.38. The lowest BCUT2D eigenvalue weighted by Crippen LogP contribution is -2.45. The van der Waals surface area contributed by atoms with Crippen molar-refractivity contribution in [3.05, 3.63) is 47.5 Å². The molecule has 8 heteroatoms. The molecule has 3 heterocycles. The smallest absolute Gasteiger partial charge is 0.191 e. The molecule has 4 rings (SSSR count). The Morgan fingerprint density at radius 1 is 1.06 bits per heavy atom. The molecule has 2 aromatic rings. The van der Waals surface area contributed by atoms with Gasteiger partial charge in [-0.25, -0.2) is 0 Å². The maximum atomic E-state index is 4.43. The van der Waals surface area contributed by atoms with Crippen molar-refractivity contribution in [3.63, 3.8) is 0 Å². The first kappa shape index (κ1) is 24.0. The van der Waals surface area contributed by atoms with Crippen LogP contribution in [0.2, 0.25) is 0 Å². The molecule has 0 spiro atoms. The molecule has 31 heavy (non-hydrogen) atoms. The van der Waals surface area contributed by atoms with Gasteiger partial charge in [-0.05, 0) is 37.8 Å². The zero-order valence-electron chi connectivity index (χ0n) is 18.6. The number of nitrogens with zero attached hydrogens (tertiary/aromatic N) is 5. The molecule has 170 valence electrons. The zero-order chi connectivity index (χ0) is 20.6. The molecule has 1 saturated heterocycles. The summed E-state index contributed by atoms with van der Waals surface area (Å²) in [4.78, 5) is 7.00. The van der Waals surface area contributed by atoms with E-state index < -0.39 is 0 Å². The van der Waals surface area contributed by atoms with E-state index >= 15 is 0 Å². The topological polar surface area (TPSA) is 70.4 Å². The third-order valence-corrected chi connectivity index (χ3v) is 6.28. The van der Waals surface area contributed by atoms with Crippen molar-refractivity contribution in [3.8, 4) is 0 Å². The molecule has 2 aliphatic heterocycles. The minimum atomic E-state index is 0. The van der Waals surface area contributed by atoms with Crippen LogP contribution >= 0.6 is 24.0 Å². The number of aliphatic imine (C=N–C) groups is 1. The van der Waals surface area contributed by atoms with Gasteiger partial charge in [0.15, 0.2) is 5.96 Å². The fourth-order valence-electron chi connectivity index (χ4n) is 4.61. The third-order valence-electron chi connectivity index (χ3n) is 6.28. The Labute approximate surface area is 203 Å². The van der Waals surface area contributed by atoms with Gasteiger partial charge in [-0.1, -0.05) is 36.8 Å². The molecule has 2 N–H and O–H groups in total. The molecule has 1 aromatic heterocycles. The summed E-state index contributed by atoms with van der Waals surface area (Å²) in [6.45, 7) is 5.00. The van der Waals surface area contributed by atoms with Crippen molar-refractivity contribution < 1.29 is 0 Å². The summed E-state index contributed by atoms with van der Waals surface area (Å²) >= 11 is 0. The van der Waals surface area contributed by atoms with Gasteiger partial charge in [0.2, 0.25) is 0 Å². The van der Waals surface area contributed by atoms with Crippen molar-refractivity contribution in [1.82, 2.24) is 30.3 Å². The number of halogens is 1. The Bertz CT molecular complexity index is 821. The van der Waals surface area contributed by atoms with E-state index in [-0.39, 0.29) is 24.0 Å². The average Bonchev–Trinajstić information content (AvgIpc) is 3.30. The maximum Gasteiger partial charge on any atom is 0.191 e. The van der Waals surface area contributed by atoms with Gasteiger partial charge < -0.3 is 15.2 Å². The van der Waals surface area contributed by atoms with E-state index in [2.05, 4.69) is 65.6 Å². The first-order valence-corrected chi connectivity index (χ1v) is 11.5. The standard InChI is InChI=1S/C23H35N7.HI/c1-24-23(25-14-13-22-28-27-21-12-6-3-7-16-30(21)22)26-17-20-11-8-15-29(20)18-19-9-4-2-5-10-19;/h2,4-5,9-10,20H,3,6-8,11-18H2,1H3,(H2,24,25,26);1H. The Kier molecular flexibility index (Phi) is 9.57. The zero-order valence-corrected chi connectivity index (χ0v) is 20.9. The van der Waals surface area contributed by atoms with Crippen LogP contribution in [0.4, 0.5) is 0 Å².